The molecule has 2 aliphatic heterocycles. The normalized spacial score (nSPS) is 25.4. The highest BCUT2D eigenvalue weighted by molar-refractivity contribution is 5.94. The molecule has 2 aliphatic rings. The number of pyridine rings is 2. The van der Waals surface area contributed by atoms with E-state index in [-0.39, 0.29) is 17.4 Å². The highest BCUT2D eigenvalue weighted by Gasteiger charge is 2.47. The Kier molecular flexibility index (Phi) is 4.84. The van der Waals surface area contributed by atoms with Crippen LogP contribution in [-0.4, -0.2) is 53.2 Å². The van der Waals surface area contributed by atoms with Crippen LogP contribution in [-0.2, 0) is 4.74 Å². The van der Waals surface area contributed by atoms with Crippen LogP contribution in [0.15, 0.2) is 48.9 Å². The van der Waals surface area contributed by atoms with Crippen molar-refractivity contribution < 1.29 is 14.3 Å². The van der Waals surface area contributed by atoms with Crippen molar-refractivity contribution >= 4 is 5.91 Å². The molecule has 2 atom stereocenters. The summed E-state index contributed by atoms with van der Waals surface area (Å²) in [7, 11) is 0. The summed E-state index contributed by atoms with van der Waals surface area (Å²) in [5.74, 6) is 0.664. The molecule has 6 heteroatoms. The Hall–Kier alpha value is -2.47. The lowest BCUT2D eigenvalue weighted by atomic mass is 9.73. The highest BCUT2D eigenvalue weighted by Crippen LogP contribution is 2.40. The molecule has 0 radical (unpaired) electrons. The van der Waals surface area contributed by atoms with Gasteiger partial charge in [-0.2, -0.15) is 0 Å². The SMILES string of the molecule is O=C(c1ccncc1)N1CCC2OCCCC2(COc2ccccn2)C1. The van der Waals surface area contributed by atoms with Gasteiger partial charge in [-0.25, -0.2) is 4.98 Å². The third-order valence-electron chi connectivity index (χ3n) is 5.35. The number of rotatable bonds is 4. The summed E-state index contributed by atoms with van der Waals surface area (Å²) in [6.45, 7) is 2.64. The fourth-order valence-corrected chi connectivity index (χ4v) is 4.00. The Balaban J connectivity index is 1.52. The first-order chi connectivity index (χ1) is 12.8. The Morgan fingerprint density at radius 3 is 2.96 bits per heavy atom. The van der Waals surface area contributed by atoms with Gasteiger partial charge < -0.3 is 14.4 Å². The first-order valence-corrected chi connectivity index (χ1v) is 9.12. The largest absolute Gasteiger partial charge is 0.477 e. The van der Waals surface area contributed by atoms with Crippen LogP contribution in [0.1, 0.15) is 29.6 Å². The number of nitrogens with zero attached hydrogens (tertiary/aromatic N) is 3. The van der Waals surface area contributed by atoms with Gasteiger partial charge in [0, 0.05) is 55.3 Å². The lowest BCUT2D eigenvalue weighted by Gasteiger charge is -2.50. The summed E-state index contributed by atoms with van der Waals surface area (Å²) in [6.07, 6.45) is 7.98. The molecule has 4 rings (SSSR count). The molecule has 2 aromatic rings. The van der Waals surface area contributed by atoms with Crippen molar-refractivity contribution in [1.29, 1.82) is 0 Å². The van der Waals surface area contributed by atoms with Gasteiger partial charge in [-0.05, 0) is 37.5 Å². The van der Waals surface area contributed by atoms with E-state index in [0.717, 1.165) is 25.9 Å². The quantitative estimate of drug-likeness (QED) is 0.845. The summed E-state index contributed by atoms with van der Waals surface area (Å²) in [4.78, 5) is 23.1. The number of carbonyl (C=O) groups excluding carboxylic acids is 1. The van der Waals surface area contributed by atoms with Gasteiger partial charge in [0.15, 0.2) is 0 Å². The molecule has 26 heavy (non-hydrogen) atoms. The minimum atomic E-state index is -0.184. The third-order valence-corrected chi connectivity index (χ3v) is 5.35. The van der Waals surface area contributed by atoms with Gasteiger partial charge in [0.25, 0.3) is 5.91 Å². The first-order valence-electron chi connectivity index (χ1n) is 9.12. The molecule has 0 N–H and O–H groups in total. The minimum absolute atomic E-state index is 0.0497. The second-order valence-corrected chi connectivity index (χ2v) is 7.03. The number of carbonyl (C=O) groups is 1. The monoisotopic (exact) mass is 353 g/mol. The number of hydrogen-bond donors (Lipinski definition) is 0. The molecule has 1 amide bonds. The zero-order valence-corrected chi connectivity index (χ0v) is 14.7. The molecule has 2 unspecified atom stereocenters. The van der Waals surface area contributed by atoms with E-state index < -0.39 is 0 Å². The topological polar surface area (TPSA) is 64.6 Å². The van der Waals surface area contributed by atoms with Gasteiger partial charge in [-0.15, -0.1) is 0 Å². The van der Waals surface area contributed by atoms with E-state index in [2.05, 4.69) is 9.97 Å². The molecule has 2 aromatic heterocycles. The van der Waals surface area contributed by atoms with Crippen molar-refractivity contribution in [3.8, 4) is 5.88 Å². The number of amides is 1. The van der Waals surface area contributed by atoms with Crippen molar-refractivity contribution in [1.82, 2.24) is 14.9 Å². The van der Waals surface area contributed by atoms with E-state index in [1.165, 1.54) is 0 Å². The number of ether oxygens (including phenoxy) is 2. The van der Waals surface area contributed by atoms with Crippen LogP contribution in [0.2, 0.25) is 0 Å². The molecule has 0 bridgehead atoms. The van der Waals surface area contributed by atoms with Gasteiger partial charge in [0.05, 0.1) is 12.7 Å². The predicted molar refractivity (Wildman–Crippen MR) is 95.9 cm³/mol. The van der Waals surface area contributed by atoms with E-state index >= 15 is 0 Å². The lowest BCUT2D eigenvalue weighted by Crippen LogP contribution is -2.58. The predicted octanol–water partition coefficient (Wildman–Crippen LogP) is 2.57. The second kappa shape index (κ2) is 7.41. The number of fused-ring (bicyclic) bond motifs is 1. The van der Waals surface area contributed by atoms with Gasteiger partial charge in [-0.3, -0.25) is 9.78 Å². The third kappa shape index (κ3) is 3.42. The van der Waals surface area contributed by atoms with Crippen LogP contribution in [0.3, 0.4) is 0 Å². The van der Waals surface area contributed by atoms with E-state index in [9.17, 15) is 4.79 Å². The van der Waals surface area contributed by atoms with Gasteiger partial charge in [0.1, 0.15) is 0 Å². The van der Waals surface area contributed by atoms with Crippen molar-refractivity contribution in [3.63, 3.8) is 0 Å². The minimum Gasteiger partial charge on any atom is -0.477 e. The molecule has 0 aliphatic carbocycles. The standard InChI is InChI=1S/C20H23N3O3/c24-19(16-5-10-21-11-6-16)23-12-7-17-20(14-23,8-3-13-25-17)15-26-18-4-1-2-9-22-18/h1-2,4-6,9-11,17H,3,7-8,12-15H2. The van der Waals surface area contributed by atoms with E-state index in [1.54, 1.807) is 30.7 Å². The highest BCUT2D eigenvalue weighted by atomic mass is 16.5. The molecule has 0 saturated carbocycles. The number of piperidine rings is 1. The zero-order valence-electron chi connectivity index (χ0n) is 14.7. The molecule has 0 spiro atoms. The molecule has 2 fully saturated rings. The Morgan fingerprint density at radius 1 is 1.27 bits per heavy atom. The maximum absolute atomic E-state index is 12.9. The fraction of sp³-hybridized carbons (Fsp3) is 0.450. The molecule has 4 heterocycles. The molecule has 136 valence electrons. The molecular formula is C20H23N3O3. The van der Waals surface area contributed by atoms with Crippen LogP contribution in [0, 0.1) is 5.41 Å². The smallest absolute Gasteiger partial charge is 0.253 e. The number of likely N-dealkylation sites (tertiary alicyclic amines) is 1. The first kappa shape index (κ1) is 17.0. The average Bonchev–Trinajstić information content (AvgIpc) is 2.73. The van der Waals surface area contributed by atoms with Crippen LogP contribution < -0.4 is 4.74 Å². The second-order valence-electron chi connectivity index (χ2n) is 7.03. The summed E-state index contributed by atoms with van der Waals surface area (Å²) >= 11 is 0. The van der Waals surface area contributed by atoms with Gasteiger partial charge >= 0.3 is 0 Å². The van der Waals surface area contributed by atoms with Gasteiger partial charge in [-0.1, -0.05) is 6.07 Å². The Bertz CT molecular complexity index is 740. The number of hydrogen-bond acceptors (Lipinski definition) is 5. The Labute approximate surface area is 153 Å². The molecular weight excluding hydrogens is 330 g/mol. The average molecular weight is 353 g/mol. The maximum Gasteiger partial charge on any atom is 0.253 e. The summed E-state index contributed by atoms with van der Waals surface area (Å²) in [6, 6.07) is 9.17. The summed E-state index contributed by atoms with van der Waals surface area (Å²) in [5, 5.41) is 0. The van der Waals surface area contributed by atoms with Gasteiger partial charge in [0.2, 0.25) is 5.88 Å². The Morgan fingerprint density at radius 2 is 2.15 bits per heavy atom. The molecule has 6 nitrogen and oxygen atoms in total. The van der Waals surface area contributed by atoms with Crippen LogP contribution in [0.4, 0.5) is 0 Å². The lowest BCUT2D eigenvalue weighted by molar-refractivity contribution is -0.133. The summed E-state index contributed by atoms with van der Waals surface area (Å²) < 4.78 is 12.1. The van der Waals surface area contributed by atoms with Crippen molar-refractivity contribution in [2.75, 3.05) is 26.3 Å². The van der Waals surface area contributed by atoms with Crippen LogP contribution in [0.5, 0.6) is 5.88 Å². The van der Waals surface area contributed by atoms with Crippen molar-refractivity contribution in [2.45, 2.75) is 25.4 Å². The van der Waals surface area contributed by atoms with Crippen LogP contribution >= 0.6 is 0 Å². The molecule has 0 aromatic carbocycles. The van der Waals surface area contributed by atoms with E-state index in [0.29, 0.717) is 31.1 Å². The molecule has 2 saturated heterocycles. The fourth-order valence-electron chi connectivity index (χ4n) is 4.00. The zero-order chi connectivity index (χ0) is 17.8. The summed E-state index contributed by atoms with van der Waals surface area (Å²) in [5.41, 5.74) is 0.493. The van der Waals surface area contributed by atoms with E-state index in [1.807, 2.05) is 23.1 Å². The van der Waals surface area contributed by atoms with Crippen molar-refractivity contribution in [3.05, 3.63) is 54.5 Å². The maximum atomic E-state index is 12.9. The van der Waals surface area contributed by atoms with E-state index in [4.69, 9.17) is 9.47 Å². The van der Waals surface area contributed by atoms with Crippen molar-refractivity contribution in [2.24, 2.45) is 5.41 Å². The van der Waals surface area contributed by atoms with Crippen LogP contribution in [0.25, 0.3) is 0 Å². The number of aromatic nitrogens is 2.